The van der Waals surface area contributed by atoms with Crippen LogP contribution in [0.25, 0.3) is 0 Å². The van der Waals surface area contributed by atoms with E-state index in [0.29, 0.717) is 0 Å². The standard InChI is InChI=1S/C11H13FN2.ClH/c1-7(2)11(14)8-3-4-10(12)9(5-8)6-13;/h3-5,7,11H,14H2,1-2H3;1H. The lowest BCUT2D eigenvalue weighted by atomic mass is 9.96. The van der Waals surface area contributed by atoms with Gasteiger partial charge in [0.05, 0.1) is 5.56 Å². The molecule has 0 aliphatic heterocycles. The predicted octanol–water partition coefficient (Wildman–Crippen LogP) is 2.77. The Balaban J connectivity index is 0.00000196. The van der Waals surface area contributed by atoms with Gasteiger partial charge >= 0.3 is 0 Å². The predicted molar refractivity (Wildman–Crippen MR) is 60.1 cm³/mol. The zero-order valence-electron chi connectivity index (χ0n) is 8.70. The molecule has 0 radical (unpaired) electrons. The molecule has 0 aliphatic rings. The molecule has 2 N–H and O–H groups in total. The number of nitriles is 1. The van der Waals surface area contributed by atoms with Gasteiger partial charge in [0.15, 0.2) is 0 Å². The fourth-order valence-electron chi connectivity index (χ4n) is 1.22. The minimum atomic E-state index is -0.493. The molecule has 0 bridgehead atoms. The Labute approximate surface area is 95.3 Å². The summed E-state index contributed by atoms with van der Waals surface area (Å²) < 4.78 is 13.0. The summed E-state index contributed by atoms with van der Waals surface area (Å²) in [6, 6.07) is 6.08. The van der Waals surface area contributed by atoms with Crippen LogP contribution in [-0.4, -0.2) is 0 Å². The summed E-state index contributed by atoms with van der Waals surface area (Å²) >= 11 is 0. The van der Waals surface area contributed by atoms with Gasteiger partial charge in [-0.05, 0) is 23.6 Å². The van der Waals surface area contributed by atoms with Crippen LogP contribution in [0.1, 0.15) is 31.0 Å². The molecule has 1 rings (SSSR count). The van der Waals surface area contributed by atoms with E-state index in [2.05, 4.69) is 0 Å². The van der Waals surface area contributed by atoms with Crippen LogP contribution in [0.4, 0.5) is 4.39 Å². The Morgan fingerprint density at radius 1 is 1.40 bits per heavy atom. The van der Waals surface area contributed by atoms with Crippen LogP contribution < -0.4 is 5.73 Å². The SMILES string of the molecule is CC(C)C(N)c1ccc(F)c(C#N)c1.Cl. The van der Waals surface area contributed by atoms with Gasteiger partial charge in [0.25, 0.3) is 0 Å². The lowest BCUT2D eigenvalue weighted by Crippen LogP contribution is -2.16. The van der Waals surface area contributed by atoms with Crippen LogP contribution in [-0.2, 0) is 0 Å². The Bertz CT molecular complexity index is 371. The van der Waals surface area contributed by atoms with E-state index in [1.54, 1.807) is 12.1 Å². The van der Waals surface area contributed by atoms with Crippen LogP contribution in [0, 0.1) is 23.1 Å². The third-order valence-corrected chi connectivity index (χ3v) is 2.21. The summed E-state index contributed by atoms with van der Waals surface area (Å²) in [5, 5.41) is 8.63. The van der Waals surface area contributed by atoms with E-state index in [0.717, 1.165) is 5.56 Å². The Kier molecular flexibility index (Phi) is 5.27. The molecule has 0 aliphatic carbocycles. The van der Waals surface area contributed by atoms with Gasteiger partial charge in [-0.1, -0.05) is 19.9 Å². The molecule has 1 atom stereocenters. The van der Waals surface area contributed by atoms with Gasteiger partial charge in [-0.2, -0.15) is 5.26 Å². The Morgan fingerprint density at radius 3 is 2.47 bits per heavy atom. The van der Waals surface area contributed by atoms with Crippen LogP contribution in [0.15, 0.2) is 18.2 Å². The minimum absolute atomic E-state index is 0. The molecule has 0 fully saturated rings. The van der Waals surface area contributed by atoms with E-state index in [1.165, 1.54) is 12.1 Å². The molecule has 1 aromatic rings. The molecule has 0 aromatic heterocycles. The van der Waals surface area contributed by atoms with Gasteiger partial charge in [0, 0.05) is 6.04 Å². The van der Waals surface area contributed by atoms with Crippen molar-refractivity contribution in [1.82, 2.24) is 0 Å². The van der Waals surface area contributed by atoms with Gasteiger partial charge in [-0.3, -0.25) is 0 Å². The number of hydrogen-bond donors (Lipinski definition) is 1. The van der Waals surface area contributed by atoms with Crippen LogP contribution in [0.2, 0.25) is 0 Å². The normalized spacial score (nSPS) is 11.7. The molecule has 0 saturated carbocycles. The number of hydrogen-bond acceptors (Lipinski definition) is 2. The fraction of sp³-hybridized carbons (Fsp3) is 0.364. The van der Waals surface area contributed by atoms with E-state index in [9.17, 15) is 4.39 Å². The second kappa shape index (κ2) is 5.69. The van der Waals surface area contributed by atoms with Gasteiger partial charge < -0.3 is 5.73 Å². The smallest absolute Gasteiger partial charge is 0.140 e. The molecular formula is C11H14ClFN2. The zero-order valence-corrected chi connectivity index (χ0v) is 9.51. The molecule has 1 aromatic carbocycles. The van der Waals surface area contributed by atoms with E-state index in [1.807, 2.05) is 13.8 Å². The number of nitrogens with zero attached hydrogens (tertiary/aromatic N) is 1. The van der Waals surface area contributed by atoms with Crippen molar-refractivity contribution in [3.05, 3.63) is 35.1 Å². The molecule has 82 valence electrons. The topological polar surface area (TPSA) is 49.8 Å². The summed E-state index contributed by atoms with van der Waals surface area (Å²) in [5.41, 5.74) is 6.74. The van der Waals surface area contributed by atoms with Crippen LogP contribution in [0.5, 0.6) is 0 Å². The van der Waals surface area contributed by atoms with Crippen molar-refractivity contribution in [3.63, 3.8) is 0 Å². The zero-order chi connectivity index (χ0) is 10.7. The summed E-state index contributed by atoms with van der Waals surface area (Å²) in [6.45, 7) is 3.97. The highest BCUT2D eigenvalue weighted by Crippen LogP contribution is 2.20. The second-order valence-electron chi connectivity index (χ2n) is 3.62. The second-order valence-corrected chi connectivity index (χ2v) is 3.62. The summed E-state index contributed by atoms with van der Waals surface area (Å²) in [6.07, 6.45) is 0. The van der Waals surface area contributed by atoms with E-state index in [-0.39, 0.29) is 29.9 Å². The van der Waals surface area contributed by atoms with Crippen molar-refractivity contribution in [3.8, 4) is 6.07 Å². The van der Waals surface area contributed by atoms with E-state index >= 15 is 0 Å². The molecular weight excluding hydrogens is 215 g/mol. The molecule has 4 heteroatoms. The van der Waals surface area contributed by atoms with Gasteiger partial charge in [0.1, 0.15) is 11.9 Å². The first-order valence-electron chi connectivity index (χ1n) is 4.51. The van der Waals surface area contributed by atoms with E-state index in [4.69, 9.17) is 11.0 Å². The maximum Gasteiger partial charge on any atom is 0.140 e. The lowest BCUT2D eigenvalue weighted by Gasteiger charge is -2.16. The average molecular weight is 229 g/mol. The van der Waals surface area contributed by atoms with Gasteiger partial charge in [-0.15, -0.1) is 12.4 Å². The first kappa shape index (κ1) is 13.9. The lowest BCUT2D eigenvalue weighted by molar-refractivity contribution is 0.512. The molecule has 0 saturated heterocycles. The van der Waals surface area contributed by atoms with Crippen molar-refractivity contribution in [2.75, 3.05) is 0 Å². The molecule has 15 heavy (non-hydrogen) atoms. The summed E-state index contributed by atoms with van der Waals surface area (Å²) in [7, 11) is 0. The molecule has 0 spiro atoms. The van der Waals surface area contributed by atoms with Crippen molar-refractivity contribution >= 4 is 12.4 Å². The van der Waals surface area contributed by atoms with Crippen LogP contribution in [0.3, 0.4) is 0 Å². The molecule has 0 amide bonds. The van der Waals surface area contributed by atoms with Crippen LogP contribution >= 0.6 is 12.4 Å². The van der Waals surface area contributed by atoms with Crippen molar-refractivity contribution in [2.45, 2.75) is 19.9 Å². The Morgan fingerprint density at radius 2 is 2.00 bits per heavy atom. The highest BCUT2D eigenvalue weighted by Gasteiger charge is 2.12. The third-order valence-electron chi connectivity index (χ3n) is 2.21. The monoisotopic (exact) mass is 228 g/mol. The van der Waals surface area contributed by atoms with Gasteiger partial charge in [0.2, 0.25) is 0 Å². The Hall–Kier alpha value is -1.11. The number of halogens is 2. The highest BCUT2D eigenvalue weighted by molar-refractivity contribution is 5.85. The van der Waals surface area contributed by atoms with Gasteiger partial charge in [-0.25, -0.2) is 4.39 Å². The molecule has 0 heterocycles. The number of nitrogens with two attached hydrogens (primary N) is 1. The maximum atomic E-state index is 13.0. The highest BCUT2D eigenvalue weighted by atomic mass is 35.5. The van der Waals surface area contributed by atoms with Crippen molar-refractivity contribution < 1.29 is 4.39 Å². The summed E-state index contributed by atoms with van der Waals surface area (Å²) in [5.74, 6) is -0.223. The first-order chi connectivity index (χ1) is 6.56. The quantitative estimate of drug-likeness (QED) is 0.846. The maximum absolute atomic E-state index is 13.0. The number of rotatable bonds is 2. The third kappa shape index (κ3) is 3.19. The van der Waals surface area contributed by atoms with Crippen molar-refractivity contribution in [2.24, 2.45) is 11.7 Å². The fourth-order valence-corrected chi connectivity index (χ4v) is 1.22. The average Bonchev–Trinajstić information content (AvgIpc) is 2.17. The molecule has 2 nitrogen and oxygen atoms in total. The minimum Gasteiger partial charge on any atom is -0.324 e. The first-order valence-corrected chi connectivity index (χ1v) is 4.51. The summed E-state index contributed by atoms with van der Waals surface area (Å²) in [4.78, 5) is 0. The number of benzene rings is 1. The van der Waals surface area contributed by atoms with Crippen molar-refractivity contribution in [1.29, 1.82) is 5.26 Å². The van der Waals surface area contributed by atoms with E-state index < -0.39 is 5.82 Å². The molecule has 1 unspecified atom stereocenters. The largest absolute Gasteiger partial charge is 0.324 e.